The number of carboxylic acids is 1. The maximum atomic E-state index is 11.6. The second kappa shape index (κ2) is 27.1. The van der Waals surface area contributed by atoms with Crippen LogP contribution in [0, 0.1) is 0 Å². The molecule has 0 fully saturated rings. The summed E-state index contributed by atoms with van der Waals surface area (Å²) >= 11 is 0. The predicted octanol–water partition coefficient (Wildman–Crippen LogP) is 4.36. The van der Waals surface area contributed by atoms with E-state index in [1.54, 1.807) is 0 Å². The predicted molar refractivity (Wildman–Crippen MR) is 126 cm³/mol. The van der Waals surface area contributed by atoms with Gasteiger partial charge in [-0.2, -0.15) is 0 Å². The number of nitrogens with one attached hydrogen (secondary N) is 2. The zero-order valence-corrected chi connectivity index (χ0v) is 19.1. The second-order valence-electron chi connectivity index (χ2n) is 6.94. The van der Waals surface area contributed by atoms with E-state index in [0.29, 0.717) is 26.1 Å². The van der Waals surface area contributed by atoms with Crippen molar-refractivity contribution >= 4 is 11.9 Å². The Hall–Kier alpha value is -1.92. The molecule has 0 rings (SSSR count). The number of amides is 1. The van der Waals surface area contributed by atoms with E-state index >= 15 is 0 Å². The number of aliphatic hydroxyl groups excluding tert-OH is 1. The zero-order valence-electron chi connectivity index (χ0n) is 19.1. The highest BCUT2D eigenvalue weighted by molar-refractivity contribution is 5.75. The third-order valence-electron chi connectivity index (χ3n) is 3.97. The van der Waals surface area contributed by atoms with E-state index in [2.05, 4.69) is 54.0 Å². The molecule has 6 nitrogen and oxygen atoms in total. The van der Waals surface area contributed by atoms with E-state index in [1.807, 2.05) is 0 Å². The van der Waals surface area contributed by atoms with Crippen LogP contribution in [-0.2, 0) is 9.59 Å². The van der Waals surface area contributed by atoms with Crippen LogP contribution < -0.4 is 10.6 Å². The average Bonchev–Trinajstić information content (AvgIpc) is 2.70. The first-order chi connectivity index (χ1) is 14.5. The highest BCUT2D eigenvalue weighted by atomic mass is 16.4. The minimum atomic E-state index is -0.833. The van der Waals surface area contributed by atoms with Crippen molar-refractivity contribution in [3.63, 3.8) is 0 Å². The number of carbonyl (C=O) groups is 2. The van der Waals surface area contributed by atoms with Gasteiger partial charge in [0.15, 0.2) is 0 Å². The molecule has 0 heterocycles. The largest absolute Gasteiger partial charge is 0.481 e. The smallest absolute Gasteiger partial charge is 0.300 e. The number of unbranched alkanes of at least 4 members (excludes halogenated alkanes) is 5. The van der Waals surface area contributed by atoms with Gasteiger partial charge in [0.1, 0.15) is 0 Å². The number of aliphatic hydroxyl groups is 1. The Labute approximate surface area is 183 Å². The lowest BCUT2D eigenvalue weighted by atomic mass is 10.1. The summed E-state index contributed by atoms with van der Waals surface area (Å²) in [5, 5.41) is 22.0. The van der Waals surface area contributed by atoms with Crippen LogP contribution >= 0.6 is 0 Å². The van der Waals surface area contributed by atoms with Crippen molar-refractivity contribution in [1.82, 2.24) is 10.6 Å². The van der Waals surface area contributed by atoms with Crippen molar-refractivity contribution in [2.45, 2.75) is 78.1 Å². The molecule has 0 saturated carbocycles. The van der Waals surface area contributed by atoms with Gasteiger partial charge in [-0.3, -0.25) is 9.59 Å². The Bertz CT molecular complexity index is 470. The first kappa shape index (κ1) is 30.3. The lowest BCUT2D eigenvalue weighted by Gasteiger charge is -2.06. The standard InChI is InChI=1S/C22H40N2O2.C2H4O2/c1-2-3-4-5-6-7-8-9-10-11-12-13-14-15-16-17-22(26)24-19-18-23-20-21-25;1-2(3)4/h3-4,6-7,9-10,23,25H,2,5,8,11-21H2,1H3,(H,24,26);1H3,(H,3,4). The third-order valence-corrected chi connectivity index (χ3v) is 3.97. The number of aliphatic carboxylic acids is 1. The van der Waals surface area contributed by atoms with Crippen LogP contribution in [0.3, 0.4) is 0 Å². The molecular formula is C24H44N2O4. The van der Waals surface area contributed by atoms with E-state index in [1.165, 1.54) is 19.3 Å². The van der Waals surface area contributed by atoms with Gasteiger partial charge >= 0.3 is 0 Å². The molecule has 0 aromatic carbocycles. The van der Waals surface area contributed by atoms with Crippen molar-refractivity contribution in [1.29, 1.82) is 0 Å². The molecule has 0 spiro atoms. The molecule has 0 aliphatic carbocycles. The van der Waals surface area contributed by atoms with Gasteiger partial charge in [0.05, 0.1) is 6.61 Å². The highest BCUT2D eigenvalue weighted by Crippen LogP contribution is 2.08. The summed E-state index contributed by atoms with van der Waals surface area (Å²) in [4.78, 5) is 20.6. The van der Waals surface area contributed by atoms with Gasteiger partial charge in [-0.1, -0.05) is 62.6 Å². The van der Waals surface area contributed by atoms with Crippen LogP contribution in [0.2, 0.25) is 0 Å². The molecule has 0 unspecified atom stereocenters. The molecule has 0 radical (unpaired) electrons. The number of carboxylic acid groups (broad SMARTS) is 1. The topological polar surface area (TPSA) is 98.7 Å². The summed E-state index contributed by atoms with van der Waals surface area (Å²) in [6.45, 7) is 5.30. The maximum Gasteiger partial charge on any atom is 0.300 e. The van der Waals surface area contributed by atoms with Gasteiger partial charge in [-0.05, 0) is 38.5 Å². The van der Waals surface area contributed by atoms with Crippen LogP contribution in [0.5, 0.6) is 0 Å². The fourth-order valence-electron chi connectivity index (χ4n) is 2.49. The molecule has 0 saturated heterocycles. The van der Waals surface area contributed by atoms with Gasteiger partial charge < -0.3 is 20.8 Å². The van der Waals surface area contributed by atoms with E-state index in [4.69, 9.17) is 15.0 Å². The summed E-state index contributed by atoms with van der Waals surface area (Å²) in [6, 6.07) is 0. The quantitative estimate of drug-likeness (QED) is 0.193. The second-order valence-corrected chi connectivity index (χ2v) is 6.94. The summed E-state index contributed by atoms with van der Waals surface area (Å²) < 4.78 is 0. The van der Waals surface area contributed by atoms with Crippen LogP contribution in [-0.4, -0.2) is 48.3 Å². The Morgan fingerprint density at radius 1 is 0.800 bits per heavy atom. The van der Waals surface area contributed by atoms with Crippen molar-refractivity contribution < 1.29 is 19.8 Å². The Morgan fingerprint density at radius 2 is 1.37 bits per heavy atom. The van der Waals surface area contributed by atoms with E-state index in [0.717, 1.165) is 45.4 Å². The Kier molecular flexibility index (Phi) is 27.3. The molecule has 0 aromatic heterocycles. The van der Waals surface area contributed by atoms with Crippen LogP contribution in [0.15, 0.2) is 36.5 Å². The minimum Gasteiger partial charge on any atom is -0.481 e. The van der Waals surface area contributed by atoms with Gasteiger partial charge in [0.25, 0.3) is 5.97 Å². The van der Waals surface area contributed by atoms with E-state index in [9.17, 15) is 4.79 Å². The van der Waals surface area contributed by atoms with E-state index < -0.39 is 5.97 Å². The third kappa shape index (κ3) is 33.6. The molecule has 1 amide bonds. The first-order valence-electron chi connectivity index (χ1n) is 11.3. The molecule has 0 aromatic rings. The average molecular weight is 425 g/mol. The molecule has 0 aliphatic rings. The lowest BCUT2D eigenvalue weighted by molar-refractivity contribution is -0.134. The maximum absolute atomic E-state index is 11.6. The van der Waals surface area contributed by atoms with Crippen LogP contribution in [0.25, 0.3) is 0 Å². The highest BCUT2D eigenvalue weighted by Gasteiger charge is 1.99. The summed E-state index contributed by atoms with van der Waals surface area (Å²) in [7, 11) is 0. The number of allylic oxidation sites excluding steroid dienone is 6. The van der Waals surface area contributed by atoms with Crippen molar-refractivity contribution in [3.05, 3.63) is 36.5 Å². The molecule has 30 heavy (non-hydrogen) atoms. The SMILES string of the molecule is CC(=O)O.CCC=CCC=CCC=CCCCCCCCC(=O)NCCNCCO. The number of hydrogen-bond acceptors (Lipinski definition) is 4. The molecule has 6 heteroatoms. The van der Waals surface area contributed by atoms with Gasteiger partial charge in [-0.15, -0.1) is 0 Å². The summed E-state index contributed by atoms with van der Waals surface area (Å²) in [5.41, 5.74) is 0. The normalized spacial score (nSPS) is 11.2. The summed E-state index contributed by atoms with van der Waals surface area (Å²) in [5.74, 6) is -0.697. The van der Waals surface area contributed by atoms with Gasteiger partial charge in [0.2, 0.25) is 5.91 Å². The Balaban J connectivity index is 0. The molecule has 4 N–H and O–H groups in total. The molecule has 0 bridgehead atoms. The van der Waals surface area contributed by atoms with Gasteiger partial charge in [-0.25, -0.2) is 0 Å². The van der Waals surface area contributed by atoms with Crippen molar-refractivity contribution in [3.8, 4) is 0 Å². The molecule has 0 atom stereocenters. The van der Waals surface area contributed by atoms with Crippen molar-refractivity contribution in [2.75, 3.05) is 26.2 Å². The molecule has 174 valence electrons. The zero-order chi connectivity index (χ0) is 22.7. The number of hydrogen-bond donors (Lipinski definition) is 4. The molecule has 0 aliphatic heterocycles. The Morgan fingerprint density at radius 3 is 2.00 bits per heavy atom. The lowest BCUT2D eigenvalue weighted by Crippen LogP contribution is -2.32. The van der Waals surface area contributed by atoms with Crippen molar-refractivity contribution in [2.24, 2.45) is 0 Å². The minimum absolute atomic E-state index is 0.136. The number of carbonyl (C=O) groups excluding carboxylic acids is 1. The fraction of sp³-hybridized carbons (Fsp3) is 0.667. The number of rotatable bonds is 18. The van der Waals surface area contributed by atoms with E-state index in [-0.39, 0.29) is 12.5 Å². The summed E-state index contributed by atoms with van der Waals surface area (Å²) in [6.07, 6.45) is 24.2. The monoisotopic (exact) mass is 424 g/mol. The van der Waals surface area contributed by atoms with Crippen LogP contribution in [0.4, 0.5) is 0 Å². The molecular weight excluding hydrogens is 380 g/mol. The van der Waals surface area contributed by atoms with Crippen LogP contribution in [0.1, 0.15) is 78.1 Å². The first-order valence-corrected chi connectivity index (χ1v) is 11.3. The fourth-order valence-corrected chi connectivity index (χ4v) is 2.49. The van der Waals surface area contributed by atoms with Gasteiger partial charge in [0, 0.05) is 33.0 Å².